The molecule has 1 aromatic heterocycles. The predicted molar refractivity (Wildman–Crippen MR) is 78.4 cm³/mol. The fraction of sp³-hybridized carbons (Fsp3) is 0.231. The first-order chi connectivity index (χ1) is 9.76. The molecule has 1 aliphatic carbocycles. The van der Waals surface area contributed by atoms with Crippen molar-refractivity contribution >= 4 is 45.0 Å². The van der Waals surface area contributed by atoms with Gasteiger partial charge in [0.1, 0.15) is 5.01 Å². The van der Waals surface area contributed by atoms with Gasteiger partial charge in [0.2, 0.25) is 5.41 Å². The molecule has 0 saturated carbocycles. The zero-order chi connectivity index (χ0) is 15.9. The first-order valence-electron chi connectivity index (χ1n) is 5.75. The number of halogens is 1. The van der Waals surface area contributed by atoms with Gasteiger partial charge in [0.15, 0.2) is 5.78 Å². The van der Waals surface area contributed by atoms with Crippen molar-refractivity contribution in [2.45, 2.75) is 19.3 Å². The van der Waals surface area contributed by atoms with Crippen molar-refractivity contribution in [2.24, 2.45) is 0 Å². The van der Waals surface area contributed by atoms with Crippen molar-refractivity contribution in [1.82, 2.24) is 4.98 Å². The van der Waals surface area contributed by atoms with Crippen LogP contribution in [-0.2, 0) is 19.8 Å². The summed E-state index contributed by atoms with van der Waals surface area (Å²) in [7, 11) is 0. The molecule has 6 nitrogen and oxygen atoms in total. The van der Waals surface area contributed by atoms with Gasteiger partial charge >= 0.3 is 11.9 Å². The average molecular weight is 372 g/mol. The van der Waals surface area contributed by atoms with Gasteiger partial charge in [0.05, 0.1) is 10.1 Å². The molecule has 0 aromatic carbocycles. The van der Waals surface area contributed by atoms with Gasteiger partial charge in [-0.25, -0.2) is 9.78 Å². The van der Waals surface area contributed by atoms with E-state index in [1.165, 1.54) is 20.0 Å². The summed E-state index contributed by atoms with van der Waals surface area (Å²) in [5, 5.41) is 20.6. The summed E-state index contributed by atoms with van der Waals surface area (Å²) >= 11 is 4.03. The van der Waals surface area contributed by atoms with Gasteiger partial charge in [-0.1, -0.05) is 0 Å². The summed E-state index contributed by atoms with van der Waals surface area (Å²) in [6.07, 6.45) is 1.38. The Bertz CT molecular complexity index is 719. The summed E-state index contributed by atoms with van der Waals surface area (Å²) < 4.78 is -0.0527. The molecule has 0 bridgehead atoms. The number of carboxylic acids is 2. The predicted octanol–water partition coefficient (Wildman–Crippen LogP) is 2.12. The highest BCUT2D eigenvalue weighted by molar-refractivity contribution is 9.12. The fourth-order valence-corrected chi connectivity index (χ4v) is 3.80. The maximum atomic E-state index is 12.6. The molecule has 0 amide bonds. The van der Waals surface area contributed by atoms with Crippen LogP contribution >= 0.6 is 27.3 Å². The third kappa shape index (κ3) is 1.97. The smallest absolute Gasteiger partial charge is 0.336 e. The third-order valence-electron chi connectivity index (χ3n) is 3.47. The second-order valence-electron chi connectivity index (χ2n) is 4.47. The van der Waals surface area contributed by atoms with Crippen molar-refractivity contribution in [3.8, 4) is 0 Å². The number of hydrogen-bond acceptors (Lipinski definition) is 5. The van der Waals surface area contributed by atoms with E-state index >= 15 is 0 Å². The topological polar surface area (TPSA) is 105 Å². The third-order valence-corrected chi connectivity index (χ3v) is 5.32. The average Bonchev–Trinajstić information content (AvgIpc) is 2.90. The molecule has 110 valence electrons. The first-order valence-corrected chi connectivity index (χ1v) is 7.43. The van der Waals surface area contributed by atoms with E-state index in [0.717, 1.165) is 11.3 Å². The van der Waals surface area contributed by atoms with Crippen molar-refractivity contribution in [1.29, 1.82) is 0 Å². The number of aliphatic carboxylic acids is 2. The maximum Gasteiger partial charge on any atom is 0.336 e. The van der Waals surface area contributed by atoms with E-state index in [2.05, 4.69) is 20.9 Å². The van der Waals surface area contributed by atoms with Crippen molar-refractivity contribution in [2.75, 3.05) is 0 Å². The number of rotatable bonds is 3. The highest BCUT2D eigenvalue weighted by Crippen LogP contribution is 2.45. The number of carbonyl (C=O) groups is 3. The SMILES string of the molecule is CC1=C(Br)C(=O)C(C(=O)O)(c2nccs2)C(C)=C1C(=O)O. The minimum absolute atomic E-state index is 0.0387. The first kappa shape index (κ1) is 15.6. The Hall–Kier alpha value is -1.80. The van der Waals surface area contributed by atoms with Gasteiger partial charge in [0.25, 0.3) is 0 Å². The zero-order valence-corrected chi connectivity index (χ0v) is 13.4. The van der Waals surface area contributed by atoms with Gasteiger partial charge in [-0.05, 0) is 40.9 Å². The van der Waals surface area contributed by atoms with E-state index in [9.17, 15) is 24.6 Å². The molecule has 0 saturated heterocycles. The lowest BCUT2D eigenvalue weighted by molar-refractivity contribution is -0.146. The van der Waals surface area contributed by atoms with Gasteiger partial charge in [-0.15, -0.1) is 11.3 Å². The number of thiazole rings is 1. The monoisotopic (exact) mass is 371 g/mol. The minimum atomic E-state index is -2.10. The molecule has 2 rings (SSSR count). The number of allylic oxidation sites excluding steroid dienone is 1. The molecule has 0 aliphatic heterocycles. The summed E-state index contributed by atoms with van der Waals surface area (Å²) in [4.78, 5) is 39.9. The molecule has 0 spiro atoms. The number of ketones is 1. The normalized spacial score (nSPS) is 22.7. The Balaban J connectivity index is 2.92. The molecule has 0 radical (unpaired) electrons. The summed E-state index contributed by atoms with van der Waals surface area (Å²) in [5.74, 6) is -3.44. The summed E-state index contributed by atoms with van der Waals surface area (Å²) in [6, 6.07) is 0. The standard InChI is InChI=1S/C13H10BrNO5S/c1-5-7(10(17)18)6(2)13(12(19)20,9(16)8(5)14)11-15-3-4-21-11/h3-4H,1-2H3,(H,17,18)(H,19,20). The molecular weight excluding hydrogens is 362 g/mol. The van der Waals surface area contributed by atoms with Crippen molar-refractivity contribution < 1.29 is 24.6 Å². The molecule has 21 heavy (non-hydrogen) atoms. The largest absolute Gasteiger partial charge is 0.480 e. The molecule has 1 heterocycles. The highest BCUT2D eigenvalue weighted by Gasteiger charge is 2.56. The molecule has 0 fully saturated rings. The summed E-state index contributed by atoms with van der Waals surface area (Å²) in [5.41, 5.74) is -2.11. The van der Waals surface area contributed by atoms with E-state index in [0.29, 0.717) is 0 Å². The van der Waals surface area contributed by atoms with Gasteiger partial charge in [-0.3, -0.25) is 9.59 Å². The quantitative estimate of drug-likeness (QED) is 0.788. The molecule has 1 atom stereocenters. The van der Waals surface area contributed by atoms with Crippen LogP contribution in [-0.4, -0.2) is 32.9 Å². The molecule has 1 unspecified atom stereocenters. The van der Waals surface area contributed by atoms with Crippen LogP contribution in [0.3, 0.4) is 0 Å². The molecule has 2 N–H and O–H groups in total. The van der Waals surface area contributed by atoms with Gasteiger partial charge in [0, 0.05) is 11.6 Å². The number of carbonyl (C=O) groups excluding carboxylic acids is 1. The summed E-state index contributed by atoms with van der Waals surface area (Å²) in [6.45, 7) is 2.81. The lowest BCUT2D eigenvalue weighted by Gasteiger charge is -2.32. The van der Waals surface area contributed by atoms with Gasteiger partial charge in [-0.2, -0.15) is 0 Å². The number of hydrogen-bond donors (Lipinski definition) is 2. The lowest BCUT2D eigenvalue weighted by Crippen LogP contribution is -2.48. The lowest BCUT2D eigenvalue weighted by atomic mass is 9.70. The number of aromatic nitrogens is 1. The van der Waals surface area contributed by atoms with E-state index in [-0.39, 0.29) is 26.2 Å². The van der Waals surface area contributed by atoms with Crippen LogP contribution < -0.4 is 0 Å². The Labute approximate surface area is 131 Å². The molecule has 8 heteroatoms. The van der Waals surface area contributed by atoms with E-state index in [1.54, 1.807) is 5.38 Å². The Kier molecular flexibility index (Phi) is 3.85. The van der Waals surface area contributed by atoms with Crippen LogP contribution in [0.2, 0.25) is 0 Å². The second-order valence-corrected chi connectivity index (χ2v) is 6.15. The fourth-order valence-electron chi connectivity index (χ4n) is 2.42. The number of nitrogens with zero attached hydrogens (tertiary/aromatic N) is 1. The molecule has 1 aliphatic rings. The van der Waals surface area contributed by atoms with Crippen LogP contribution in [0.1, 0.15) is 18.9 Å². The minimum Gasteiger partial charge on any atom is -0.480 e. The van der Waals surface area contributed by atoms with Crippen LogP contribution in [0, 0.1) is 0 Å². The van der Waals surface area contributed by atoms with E-state index in [4.69, 9.17) is 0 Å². The van der Waals surface area contributed by atoms with Crippen LogP contribution in [0.5, 0.6) is 0 Å². The van der Waals surface area contributed by atoms with E-state index < -0.39 is 23.1 Å². The zero-order valence-electron chi connectivity index (χ0n) is 11.0. The number of carboxylic acid groups (broad SMARTS) is 2. The van der Waals surface area contributed by atoms with Crippen molar-refractivity contribution in [3.05, 3.63) is 37.8 Å². The van der Waals surface area contributed by atoms with Gasteiger partial charge < -0.3 is 10.2 Å². The maximum absolute atomic E-state index is 12.6. The van der Waals surface area contributed by atoms with Crippen molar-refractivity contribution in [3.63, 3.8) is 0 Å². The molecular formula is C13H10BrNO5S. The second kappa shape index (κ2) is 5.19. The Morgan fingerprint density at radius 1 is 1.33 bits per heavy atom. The van der Waals surface area contributed by atoms with Crippen LogP contribution in [0.4, 0.5) is 0 Å². The Morgan fingerprint density at radius 2 is 1.95 bits per heavy atom. The van der Waals surface area contributed by atoms with Crippen LogP contribution in [0.25, 0.3) is 0 Å². The molecule has 1 aromatic rings. The number of Topliss-reactive ketones (excluding diaryl/α,β-unsaturated/α-hetero) is 1. The highest BCUT2D eigenvalue weighted by atomic mass is 79.9. The Morgan fingerprint density at radius 3 is 2.38 bits per heavy atom. The van der Waals surface area contributed by atoms with E-state index in [1.807, 2.05) is 0 Å². The van der Waals surface area contributed by atoms with Crippen LogP contribution in [0.15, 0.2) is 32.8 Å².